The predicted octanol–water partition coefficient (Wildman–Crippen LogP) is 2.81. The molecule has 0 amide bonds. The van der Waals surface area contributed by atoms with Crippen molar-refractivity contribution >= 4 is 0 Å². The van der Waals surface area contributed by atoms with Crippen LogP contribution in [-0.2, 0) is 0 Å². The molecule has 0 saturated carbocycles. The highest BCUT2D eigenvalue weighted by Crippen LogP contribution is 2.20. The van der Waals surface area contributed by atoms with E-state index in [-0.39, 0.29) is 6.54 Å². The molecule has 0 spiro atoms. The fraction of sp³-hybridized carbons (Fsp3) is 1.00. The Kier molecular flexibility index (Phi) is 7.76. The van der Waals surface area contributed by atoms with Crippen LogP contribution < -0.4 is 0 Å². The molecule has 98 valence electrons. The second-order valence-electron chi connectivity index (χ2n) is 4.07. The lowest BCUT2D eigenvalue weighted by molar-refractivity contribution is -0.208. The summed E-state index contributed by atoms with van der Waals surface area (Å²) < 4.78 is 36.5. The van der Waals surface area contributed by atoms with E-state index >= 15 is 0 Å². The Morgan fingerprint density at radius 2 is 1.50 bits per heavy atom. The molecule has 0 rings (SSSR count). The van der Waals surface area contributed by atoms with Gasteiger partial charge in [-0.2, -0.15) is 13.2 Å². The van der Waals surface area contributed by atoms with Gasteiger partial charge in [-0.1, -0.05) is 26.7 Å². The monoisotopic (exact) mass is 241 g/mol. The number of alkyl halides is 3. The van der Waals surface area contributed by atoms with Crippen LogP contribution in [0.1, 0.15) is 39.5 Å². The fourth-order valence-corrected chi connectivity index (χ4v) is 1.41. The topological polar surface area (TPSA) is 23.5 Å². The molecule has 0 aromatic heterocycles. The van der Waals surface area contributed by atoms with Crippen molar-refractivity contribution in [1.29, 1.82) is 0 Å². The Hall–Kier alpha value is -0.290. The lowest BCUT2D eigenvalue weighted by Gasteiger charge is -2.25. The minimum absolute atomic E-state index is 0.302. The van der Waals surface area contributed by atoms with Crippen LogP contribution in [0.25, 0.3) is 0 Å². The number of hydrogen-bond acceptors (Lipinski definition) is 2. The molecule has 0 bridgehead atoms. The van der Waals surface area contributed by atoms with Gasteiger partial charge in [0.25, 0.3) is 0 Å². The molecule has 0 aliphatic rings. The van der Waals surface area contributed by atoms with E-state index < -0.39 is 12.3 Å². The SMILES string of the molecule is CCCCN(CCCC)CC(O)C(F)(F)F. The molecule has 1 atom stereocenters. The van der Waals surface area contributed by atoms with Crippen LogP contribution in [0, 0.1) is 0 Å². The molecule has 1 N–H and O–H groups in total. The number of halogens is 3. The Bertz CT molecular complexity index is 165. The highest BCUT2D eigenvalue weighted by molar-refractivity contribution is 4.71. The Morgan fingerprint density at radius 3 is 1.81 bits per heavy atom. The number of rotatable bonds is 8. The standard InChI is InChI=1S/C11H22F3NO/c1-3-5-7-15(8-6-4-2)9-10(16)11(12,13)14/h10,16H,3-9H2,1-2H3. The van der Waals surface area contributed by atoms with Crippen molar-refractivity contribution in [3.05, 3.63) is 0 Å². The van der Waals surface area contributed by atoms with Crippen LogP contribution in [0.15, 0.2) is 0 Å². The van der Waals surface area contributed by atoms with Crippen LogP contribution in [0.2, 0.25) is 0 Å². The highest BCUT2D eigenvalue weighted by Gasteiger charge is 2.38. The van der Waals surface area contributed by atoms with Crippen molar-refractivity contribution < 1.29 is 18.3 Å². The van der Waals surface area contributed by atoms with Gasteiger partial charge in [0.15, 0.2) is 6.10 Å². The third-order valence-corrected chi connectivity index (χ3v) is 2.46. The van der Waals surface area contributed by atoms with E-state index in [4.69, 9.17) is 5.11 Å². The molecule has 0 radical (unpaired) electrons. The molecule has 0 saturated heterocycles. The smallest absolute Gasteiger partial charge is 0.382 e. The molecule has 0 aromatic carbocycles. The summed E-state index contributed by atoms with van der Waals surface area (Å²) in [6.07, 6.45) is -3.09. The summed E-state index contributed by atoms with van der Waals surface area (Å²) in [5.41, 5.74) is 0. The van der Waals surface area contributed by atoms with Gasteiger partial charge in [-0.05, 0) is 25.9 Å². The second kappa shape index (κ2) is 7.90. The number of nitrogens with zero attached hydrogens (tertiary/aromatic N) is 1. The van der Waals surface area contributed by atoms with Crippen LogP contribution in [-0.4, -0.2) is 41.9 Å². The zero-order chi connectivity index (χ0) is 12.6. The Balaban J connectivity index is 4.07. The van der Waals surface area contributed by atoms with Crippen molar-refractivity contribution in [2.75, 3.05) is 19.6 Å². The van der Waals surface area contributed by atoms with Gasteiger partial charge in [0, 0.05) is 6.54 Å². The largest absolute Gasteiger partial charge is 0.415 e. The maximum Gasteiger partial charge on any atom is 0.415 e. The first-order chi connectivity index (χ1) is 7.41. The number of hydrogen-bond donors (Lipinski definition) is 1. The summed E-state index contributed by atoms with van der Waals surface area (Å²) in [4.78, 5) is 1.70. The summed E-state index contributed by atoms with van der Waals surface area (Å²) >= 11 is 0. The maximum absolute atomic E-state index is 12.2. The summed E-state index contributed by atoms with van der Waals surface area (Å²) in [7, 11) is 0. The van der Waals surface area contributed by atoms with Crippen molar-refractivity contribution in [1.82, 2.24) is 4.90 Å². The Labute approximate surface area is 95.4 Å². The van der Waals surface area contributed by atoms with E-state index in [0.29, 0.717) is 13.1 Å². The maximum atomic E-state index is 12.2. The molecule has 16 heavy (non-hydrogen) atoms. The van der Waals surface area contributed by atoms with Gasteiger partial charge in [-0.15, -0.1) is 0 Å². The molecule has 1 unspecified atom stereocenters. The van der Waals surface area contributed by atoms with Crippen LogP contribution >= 0.6 is 0 Å². The minimum atomic E-state index is -4.50. The number of aliphatic hydroxyl groups excluding tert-OH is 1. The molecular formula is C11H22F3NO. The molecule has 2 nitrogen and oxygen atoms in total. The third-order valence-electron chi connectivity index (χ3n) is 2.46. The van der Waals surface area contributed by atoms with Gasteiger partial charge < -0.3 is 10.0 Å². The zero-order valence-corrected chi connectivity index (χ0v) is 10.1. The summed E-state index contributed by atoms with van der Waals surface area (Å²) in [5, 5.41) is 8.99. The molecular weight excluding hydrogens is 219 g/mol. The van der Waals surface area contributed by atoms with E-state index in [1.807, 2.05) is 13.8 Å². The Morgan fingerprint density at radius 1 is 1.06 bits per heavy atom. The van der Waals surface area contributed by atoms with Gasteiger partial charge in [0.2, 0.25) is 0 Å². The van der Waals surface area contributed by atoms with E-state index in [1.54, 1.807) is 4.90 Å². The quantitative estimate of drug-likeness (QED) is 0.706. The van der Waals surface area contributed by atoms with E-state index in [2.05, 4.69) is 0 Å². The molecule has 0 aliphatic heterocycles. The van der Waals surface area contributed by atoms with Gasteiger partial charge in [0.05, 0.1) is 0 Å². The van der Waals surface area contributed by atoms with Crippen molar-refractivity contribution in [2.24, 2.45) is 0 Å². The van der Waals surface area contributed by atoms with Gasteiger partial charge in [0.1, 0.15) is 0 Å². The lowest BCUT2D eigenvalue weighted by atomic mass is 10.2. The summed E-state index contributed by atoms with van der Waals surface area (Å²) in [6, 6.07) is 0. The predicted molar refractivity (Wildman–Crippen MR) is 58.3 cm³/mol. The van der Waals surface area contributed by atoms with Gasteiger partial charge in [-0.25, -0.2) is 0 Å². The fourth-order valence-electron chi connectivity index (χ4n) is 1.41. The highest BCUT2D eigenvalue weighted by atomic mass is 19.4. The van der Waals surface area contributed by atoms with Crippen LogP contribution in [0.3, 0.4) is 0 Å². The first-order valence-corrected chi connectivity index (χ1v) is 5.88. The zero-order valence-electron chi connectivity index (χ0n) is 10.1. The van der Waals surface area contributed by atoms with Gasteiger partial charge in [-0.3, -0.25) is 0 Å². The normalized spacial score (nSPS) is 14.4. The molecule has 0 aliphatic carbocycles. The number of unbranched alkanes of at least 4 members (excludes halogenated alkanes) is 2. The lowest BCUT2D eigenvalue weighted by Crippen LogP contribution is -2.41. The van der Waals surface area contributed by atoms with E-state index in [9.17, 15) is 13.2 Å². The molecule has 0 aromatic rings. The molecule has 5 heteroatoms. The van der Waals surface area contributed by atoms with Crippen LogP contribution in [0.4, 0.5) is 13.2 Å². The molecule has 0 fully saturated rings. The average Bonchev–Trinajstić information content (AvgIpc) is 2.20. The van der Waals surface area contributed by atoms with E-state index in [0.717, 1.165) is 25.7 Å². The molecule has 0 heterocycles. The third kappa shape index (κ3) is 7.06. The first kappa shape index (κ1) is 15.7. The first-order valence-electron chi connectivity index (χ1n) is 5.88. The van der Waals surface area contributed by atoms with Crippen molar-refractivity contribution in [2.45, 2.75) is 51.8 Å². The van der Waals surface area contributed by atoms with Crippen molar-refractivity contribution in [3.8, 4) is 0 Å². The van der Waals surface area contributed by atoms with E-state index in [1.165, 1.54) is 0 Å². The number of aliphatic hydroxyl groups is 1. The van der Waals surface area contributed by atoms with Crippen LogP contribution in [0.5, 0.6) is 0 Å². The summed E-state index contributed by atoms with van der Waals surface area (Å²) in [6.45, 7) is 4.95. The second-order valence-corrected chi connectivity index (χ2v) is 4.07. The minimum Gasteiger partial charge on any atom is -0.382 e. The van der Waals surface area contributed by atoms with Gasteiger partial charge >= 0.3 is 6.18 Å². The van der Waals surface area contributed by atoms with Crippen molar-refractivity contribution in [3.63, 3.8) is 0 Å². The summed E-state index contributed by atoms with van der Waals surface area (Å²) in [5.74, 6) is 0. The average molecular weight is 241 g/mol.